The molecule has 0 spiro atoms. The molecule has 9 heteroatoms. The molecule has 0 saturated carbocycles. The zero-order valence-corrected chi connectivity index (χ0v) is 20.9. The van der Waals surface area contributed by atoms with Crippen LogP contribution in [0.1, 0.15) is 57.7 Å². The van der Waals surface area contributed by atoms with Crippen molar-refractivity contribution in [3.63, 3.8) is 0 Å². The van der Waals surface area contributed by atoms with Gasteiger partial charge in [-0.3, -0.25) is 14.8 Å². The molecule has 9 nitrogen and oxygen atoms in total. The van der Waals surface area contributed by atoms with Gasteiger partial charge in [-0.05, 0) is 64.8 Å². The summed E-state index contributed by atoms with van der Waals surface area (Å²) in [5.74, 6) is -0.247. The van der Waals surface area contributed by atoms with E-state index in [0.29, 0.717) is 5.92 Å². The maximum absolute atomic E-state index is 12.2. The summed E-state index contributed by atoms with van der Waals surface area (Å²) in [6.45, 7) is 13.2. The smallest absolute Gasteiger partial charge is 0.410 e. The summed E-state index contributed by atoms with van der Waals surface area (Å²) >= 11 is 0. The van der Waals surface area contributed by atoms with Gasteiger partial charge in [0.05, 0.1) is 5.52 Å². The number of aliphatic carboxylic acids is 1. The van der Waals surface area contributed by atoms with Gasteiger partial charge in [0.2, 0.25) is 0 Å². The average molecular weight is 474 g/mol. The molecule has 2 aromatic rings. The Morgan fingerprint density at radius 3 is 2.41 bits per heavy atom. The van der Waals surface area contributed by atoms with Crippen molar-refractivity contribution in [1.82, 2.24) is 25.3 Å². The van der Waals surface area contributed by atoms with Crippen molar-refractivity contribution in [3.8, 4) is 0 Å². The zero-order chi connectivity index (χ0) is 24.7. The number of aromatic amines is 1. The number of carboxylic acids is 1. The zero-order valence-electron chi connectivity index (χ0n) is 20.9. The van der Waals surface area contributed by atoms with Gasteiger partial charge < -0.3 is 20.1 Å². The molecule has 1 aromatic carbocycles. The number of piperazine rings is 1. The molecule has 1 amide bonds. The lowest BCUT2D eigenvalue weighted by Gasteiger charge is -2.35. The summed E-state index contributed by atoms with van der Waals surface area (Å²) in [6, 6.07) is 6.72. The van der Waals surface area contributed by atoms with Gasteiger partial charge in [0.15, 0.2) is 0 Å². The highest BCUT2D eigenvalue weighted by Crippen LogP contribution is 2.30. The van der Waals surface area contributed by atoms with Gasteiger partial charge in [0.1, 0.15) is 5.60 Å². The van der Waals surface area contributed by atoms with Gasteiger partial charge in [-0.15, -0.1) is 0 Å². The van der Waals surface area contributed by atoms with Gasteiger partial charge in [-0.25, -0.2) is 4.79 Å². The number of benzene rings is 1. The van der Waals surface area contributed by atoms with E-state index in [-0.39, 0.29) is 6.09 Å². The van der Waals surface area contributed by atoms with E-state index in [2.05, 4.69) is 38.6 Å². The summed E-state index contributed by atoms with van der Waals surface area (Å²) in [6.07, 6.45) is 3.15. The van der Waals surface area contributed by atoms with Crippen LogP contribution in [0.3, 0.4) is 0 Å². The Hall–Kier alpha value is -2.65. The van der Waals surface area contributed by atoms with Crippen LogP contribution in [0.4, 0.5) is 4.79 Å². The van der Waals surface area contributed by atoms with Crippen LogP contribution < -0.4 is 5.32 Å². The number of nitrogens with zero attached hydrogens (tertiary/aromatic N) is 3. The molecule has 34 heavy (non-hydrogen) atoms. The third-order valence-corrected chi connectivity index (χ3v) is 6.14. The van der Waals surface area contributed by atoms with Crippen LogP contribution in [-0.2, 0) is 16.0 Å². The Labute approximate surface area is 201 Å². The van der Waals surface area contributed by atoms with Crippen molar-refractivity contribution in [1.29, 1.82) is 0 Å². The standard InChI is InChI=1S/C23H35N5O2.C2H4O2/c1-23(2,3)30-22(29)28-14-12-27(13-15-28)11-8-17-4-5-19-20(16-17)25-26-21(19)18-6-9-24-10-7-18;1-2(3)4/h4-5,16,18,24H,6-15H2,1-3H3,(H,25,26);1H3,(H,3,4). The van der Waals surface area contributed by atoms with Gasteiger partial charge in [-0.1, -0.05) is 12.1 Å². The number of aromatic nitrogens is 2. The molecule has 4 rings (SSSR count). The van der Waals surface area contributed by atoms with E-state index < -0.39 is 11.6 Å². The number of fused-ring (bicyclic) bond motifs is 1. The van der Waals surface area contributed by atoms with E-state index in [4.69, 9.17) is 14.6 Å². The Bertz CT molecular complexity index is 950. The quantitative estimate of drug-likeness (QED) is 0.625. The van der Waals surface area contributed by atoms with Crippen molar-refractivity contribution in [2.24, 2.45) is 0 Å². The molecule has 3 heterocycles. The molecule has 0 unspecified atom stereocenters. The number of nitrogens with one attached hydrogen (secondary N) is 2. The van der Waals surface area contributed by atoms with E-state index in [1.807, 2.05) is 25.7 Å². The first-order valence-electron chi connectivity index (χ1n) is 12.2. The minimum absolute atomic E-state index is 0.198. The number of rotatable bonds is 4. The van der Waals surface area contributed by atoms with E-state index in [1.54, 1.807) is 0 Å². The van der Waals surface area contributed by atoms with Crippen molar-refractivity contribution in [2.45, 2.75) is 58.5 Å². The second-order valence-corrected chi connectivity index (χ2v) is 10.1. The monoisotopic (exact) mass is 473 g/mol. The highest BCUT2D eigenvalue weighted by molar-refractivity contribution is 5.82. The summed E-state index contributed by atoms with van der Waals surface area (Å²) in [7, 11) is 0. The second-order valence-electron chi connectivity index (χ2n) is 10.1. The Morgan fingerprint density at radius 1 is 1.15 bits per heavy atom. The number of ether oxygens (including phenoxy) is 1. The molecule has 2 fully saturated rings. The maximum Gasteiger partial charge on any atom is 0.410 e. The molecule has 0 bridgehead atoms. The van der Waals surface area contributed by atoms with Crippen molar-refractivity contribution in [2.75, 3.05) is 45.8 Å². The van der Waals surface area contributed by atoms with Crippen LogP contribution in [0.5, 0.6) is 0 Å². The number of carbonyl (C=O) groups is 2. The highest BCUT2D eigenvalue weighted by atomic mass is 16.6. The van der Waals surface area contributed by atoms with Crippen molar-refractivity contribution < 1.29 is 19.4 Å². The third-order valence-electron chi connectivity index (χ3n) is 6.14. The largest absolute Gasteiger partial charge is 0.481 e. The molecule has 2 aliphatic rings. The van der Waals surface area contributed by atoms with Crippen LogP contribution in [0, 0.1) is 0 Å². The summed E-state index contributed by atoms with van der Waals surface area (Å²) in [4.78, 5) is 25.5. The highest BCUT2D eigenvalue weighted by Gasteiger charge is 2.25. The first-order chi connectivity index (χ1) is 16.1. The lowest BCUT2D eigenvalue weighted by molar-refractivity contribution is -0.134. The fourth-order valence-electron chi connectivity index (χ4n) is 4.42. The molecule has 2 aliphatic heterocycles. The van der Waals surface area contributed by atoms with Crippen LogP contribution >= 0.6 is 0 Å². The summed E-state index contributed by atoms with van der Waals surface area (Å²) in [5.41, 5.74) is 3.26. The molecular formula is C25H39N5O4. The molecule has 188 valence electrons. The number of amides is 1. The van der Waals surface area contributed by atoms with Gasteiger partial charge in [0.25, 0.3) is 5.97 Å². The van der Waals surface area contributed by atoms with Crippen molar-refractivity contribution >= 4 is 23.0 Å². The van der Waals surface area contributed by atoms with E-state index in [9.17, 15) is 4.79 Å². The minimum atomic E-state index is -0.833. The van der Waals surface area contributed by atoms with Crippen LogP contribution in [0.15, 0.2) is 18.2 Å². The van der Waals surface area contributed by atoms with Crippen LogP contribution in [0.2, 0.25) is 0 Å². The lowest BCUT2D eigenvalue weighted by atomic mass is 9.92. The molecule has 0 aliphatic carbocycles. The second kappa shape index (κ2) is 11.7. The Balaban J connectivity index is 0.000000751. The molecule has 2 saturated heterocycles. The number of carboxylic acid groups (broad SMARTS) is 1. The molecule has 1 aromatic heterocycles. The van der Waals surface area contributed by atoms with Gasteiger partial charge in [0, 0.05) is 56.6 Å². The number of piperidine rings is 1. The average Bonchev–Trinajstić information content (AvgIpc) is 3.20. The van der Waals surface area contributed by atoms with E-state index in [1.165, 1.54) is 29.5 Å². The Morgan fingerprint density at radius 2 is 1.79 bits per heavy atom. The number of H-pyrrole nitrogens is 1. The normalized spacial score (nSPS) is 17.8. The van der Waals surface area contributed by atoms with E-state index >= 15 is 0 Å². The molecule has 3 N–H and O–H groups in total. The van der Waals surface area contributed by atoms with Gasteiger partial charge >= 0.3 is 6.09 Å². The van der Waals surface area contributed by atoms with Gasteiger partial charge in [-0.2, -0.15) is 5.10 Å². The molecular weight excluding hydrogens is 434 g/mol. The van der Waals surface area contributed by atoms with E-state index in [0.717, 1.165) is 64.7 Å². The summed E-state index contributed by atoms with van der Waals surface area (Å²) < 4.78 is 5.48. The van der Waals surface area contributed by atoms with Crippen LogP contribution in [-0.4, -0.2) is 88.6 Å². The predicted octanol–water partition coefficient (Wildman–Crippen LogP) is 3.22. The molecule has 0 radical (unpaired) electrons. The number of hydrogen-bond acceptors (Lipinski definition) is 6. The number of hydrogen-bond donors (Lipinski definition) is 3. The fraction of sp³-hybridized carbons (Fsp3) is 0.640. The summed E-state index contributed by atoms with van der Waals surface area (Å²) in [5, 5.41) is 20.0. The lowest BCUT2D eigenvalue weighted by Crippen LogP contribution is -2.50. The SMILES string of the molecule is CC(=O)O.CC(C)(C)OC(=O)N1CCN(CCc2ccc3c(C4CCNCC4)[nH]nc3c2)CC1. The maximum atomic E-state index is 12.2. The first kappa shape index (κ1) is 26.0. The van der Waals surface area contributed by atoms with Crippen molar-refractivity contribution in [3.05, 3.63) is 29.5 Å². The molecule has 0 atom stereocenters. The minimum Gasteiger partial charge on any atom is -0.481 e. The predicted molar refractivity (Wildman–Crippen MR) is 132 cm³/mol. The third kappa shape index (κ3) is 7.70. The Kier molecular flexibility index (Phi) is 8.90. The number of carbonyl (C=O) groups excluding carboxylic acids is 1. The topological polar surface area (TPSA) is 111 Å². The van der Waals surface area contributed by atoms with Crippen LogP contribution in [0.25, 0.3) is 10.9 Å². The fourth-order valence-corrected chi connectivity index (χ4v) is 4.42. The first-order valence-corrected chi connectivity index (χ1v) is 12.2.